The highest BCUT2D eigenvalue weighted by Gasteiger charge is 2.31. The Morgan fingerprint density at radius 1 is 1.20 bits per heavy atom. The quantitative estimate of drug-likeness (QED) is 0.613. The smallest absolute Gasteiger partial charge is 0.138 e. The Morgan fingerprint density at radius 3 is 2.93 bits per heavy atom. The largest absolute Gasteiger partial charge is 0.385 e. The summed E-state index contributed by atoms with van der Waals surface area (Å²) in [5, 5.41) is 1.25. The van der Waals surface area contributed by atoms with Crippen LogP contribution in [0.25, 0.3) is 10.1 Å². The van der Waals surface area contributed by atoms with Crippen molar-refractivity contribution in [3.8, 4) is 0 Å². The number of ether oxygens (including phenoxy) is 1. The van der Waals surface area contributed by atoms with Crippen LogP contribution in [0.4, 0.5) is 10.1 Å². The van der Waals surface area contributed by atoms with E-state index in [1.54, 1.807) is 24.5 Å². The Labute approximate surface area is 180 Å². The highest BCUT2D eigenvalue weighted by atomic mass is 32.1. The molecule has 0 spiro atoms. The summed E-state index contributed by atoms with van der Waals surface area (Å²) in [5.74, 6) is 0.831. The van der Waals surface area contributed by atoms with Gasteiger partial charge in [-0.15, -0.1) is 11.3 Å². The normalized spacial score (nSPS) is 19.4. The minimum absolute atomic E-state index is 0.200. The highest BCUT2D eigenvalue weighted by Crippen LogP contribution is 2.39. The summed E-state index contributed by atoms with van der Waals surface area (Å²) in [4.78, 5) is 11.3. The van der Waals surface area contributed by atoms with Gasteiger partial charge >= 0.3 is 0 Å². The molecule has 0 radical (unpaired) electrons. The fraction of sp³-hybridized carbons (Fsp3) is 0.375. The van der Waals surface area contributed by atoms with E-state index in [9.17, 15) is 4.39 Å². The van der Waals surface area contributed by atoms with Crippen molar-refractivity contribution < 1.29 is 9.13 Å². The van der Waals surface area contributed by atoms with Crippen molar-refractivity contribution in [2.75, 3.05) is 40.4 Å². The molecule has 0 amide bonds. The molecule has 2 aliphatic rings. The van der Waals surface area contributed by atoms with Crippen LogP contribution in [0.5, 0.6) is 0 Å². The molecule has 0 aliphatic carbocycles. The summed E-state index contributed by atoms with van der Waals surface area (Å²) in [6, 6.07) is 13.9. The second-order valence-corrected chi connectivity index (χ2v) is 9.28. The first-order valence-corrected chi connectivity index (χ1v) is 11.3. The summed E-state index contributed by atoms with van der Waals surface area (Å²) in [6.45, 7) is 3.59. The predicted octanol–water partition coefficient (Wildman–Crippen LogP) is 4.68. The van der Waals surface area contributed by atoms with Crippen LogP contribution in [-0.2, 0) is 11.2 Å². The average molecular weight is 424 g/mol. The Hall–Kier alpha value is -2.28. The molecule has 3 aromatic rings. The lowest BCUT2D eigenvalue weighted by molar-refractivity contribution is 0.100. The van der Waals surface area contributed by atoms with E-state index < -0.39 is 0 Å². The van der Waals surface area contributed by atoms with Crippen LogP contribution in [-0.4, -0.2) is 62.1 Å². The van der Waals surface area contributed by atoms with Crippen LogP contribution in [0.15, 0.2) is 47.5 Å². The first-order chi connectivity index (χ1) is 14.6. The van der Waals surface area contributed by atoms with Crippen molar-refractivity contribution in [2.45, 2.75) is 18.9 Å². The summed E-state index contributed by atoms with van der Waals surface area (Å²) >= 11 is 1.81. The molecule has 0 unspecified atom stereocenters. The fourth-order valence-corrected chi connectivity index (χ4v) is 5.77. The molecule has 3 heterocycles. The molecule has 0 bridgehead atoms. The van der Waals surface area contributed by atoms with Gasteiger partial charge in [-0.25, -0.2) is 9.38 Å². The van der Waals surface area contributed by atoms with Crippen LogP contribution >= 0.6 is 11.3 Å². The summed E-state index contributed by atoms with van der Waals surface area (Å²) < 4.78 is 20.6. The molecule has 1 aromatic heterocycles. The number of nitrogens with zero attached hydrogens (tertiary/aromatic N) is 3. The molecule has 2 aliphatic heterocycles. The number of piperazine rings is 1. The van der Waals surface area contributed by atoms with Gasteiger partial charge < -0.3 is 9.64 Å². The highest BCUT2D eigenvalue weighted by molar-refractivity contribution is 7.19. The molecule has 30 heavy (non-hydrogen) atoms. The molecule has 5 rings (SSSR count). The second kappa shape index (κ2) is 8.10. The molecule has 0 saturated carbocycles. The second-order valence-electron chi connectivity index (χ2n) is 8.14. The van der Waals surface area contributed by atoms with Gasteiger partial charge in [0.05, 0.1) is 5.69 Å². The third-order valence-electron chi connectivity index (χ3n) is 6.24. The van der Waals surface area contributed by atoms with E-state index in [2.05, 4.69) is 41.1 Å². The van der Waals surface area contributed by atoms with Crippen LogP contribution < -0.4 is 0 Å². The minimum atomic E-state index is -0.200. The number of methoxy groups -OCH3 is 1. The molecule has 156 valence electrons. The van der Waals surface area contributed by atoms with Crippen LogP contribution in [0.3, 0.4) is 0 Å². The Bertz CT molecular complexity index is 1110. The molecule has 1 atom stereocenters. The lowest BCUT2D eigenvalue weighted by atomic mass is 10.0. The van der Waals surface area contributed by atoms with Crippen molar-refractivity contribution in [1.29, 1.82) is 0 Å². The van der Waals surface area contributed by atoms with E-state index in [1.165, 1.54) is 26.6 Å². The van der Waals surface area contributed by atoms with Gasteiger partial charge in [-0.2, -0.15) is 0 Å². The van der Waals surface area contributed by atoms with Crippen molar-refractivity contribution in [3.63, 3.8) is 0 Å². The number of hydrogen-bond acceptors (Lipinski definition) is 5. The van der Waals surface area contributed by atoms with E-state index >= 15 is 0 Å². The van der Waals surface area contributed by atoms with Gasteiger partial charge in [-0.3, -0.25) is 4.90 Å². The maximum Gasteiger partial charge on any atom is 0.138 e. The molecule has 1 fully saturated rings. The molecule has 0 N–H and O–H groups in total. The third-order valence-corrected chi connectivity index (χ3v) is 7.41. The predicted molar refractivity (Wildman–Crippen MR) is 122 cm³/mol. The molecule has 2 aromatic carbocycles. The third kappa shape index (κ3) is 3.53. The summed E-state index contributed by atoms with van der Waals surface area (Å²) in [5.41, 5.74) is 3.07. The maximum absolute atomic E-state index is 14.0. The van der Waals surface area contributed by atoms with E-state index in [0.717, 1.165) is 56.2 Å². The molecule has 1 saturated heterocycles. The van der Waals surface area contributed by atoms with Gasteiger partial charge in [-0.05, 0) is 43.3 Å². The molecule has 4 nitrogen and oxygen atoms in total. The SMILES string of the molecule is COCC[C@H]1CN(C2=Nc3ccc(F)cc3Cc3sc4ccccc4c32)CCN1C. The Balaban J connectivity index is 1.62. The van der Waals surface area contributed by atoms with Crippen molar-refractivity contribution in [3.05, 3.63) is 64.3 Å². The van der Waals surface area contributed by atoms with Crippen LogP contribution in [0, 0.1) is 5.82 Å². The van der Waals surface area contributed by atoms with Crippen molar-refractivity contribution >= 4 is 32.9 Å². The Morgan fingerprint density at radius 2 is 2.07 bits per heavy atom. The zero-order chi connectivity index (χ0) is 20.7. The van der Waals surface area contributed by atoms with Crippen molar-refractivity contribution in [2.24, 2.45) is 4.99 Å². The summed E-state index contributed by atoms with van der Waals surface area (Å²) in [6.07, 6.45) is 1.71. The van der Waals surface area contributed by atoms with Gasteiger partial charge in [0.1, 0.15) is 11.7 Å². The van der Waals surface area contributed by atoms with Crippen molar-refractivity contribution in [1.82, 2.24) is 9.80 Å². The fourth-order valence-electron chi connectivity index (χ4n) is 4.55. The van der Waals surface area contributed by atoms with E-state index in [4.69, 9.17) is 9.73 Å². The van der Waals surface area contributed by atoms with Gasteiger partial charge in [0.25, 0.3) is 0 Å². The minimum Gasteiger partial charge on any atom is -0.385 e. The van der Waals surface area contributed by atoms with Gasteiger partial charge in [0, 0.05) is 66.3 Å². The first-order valence-electron chi connectivity index (χ1n) is 10.5. The molecular weight excluding hydrogens is 397 g/mol. The number of fused-ring (bicyclic) bond motifs is 4. The standard InChI is InChI=1S/C24H26FN3OS/c1-27-10-11-28(15-18(27)9-12-29-2)24-23-19-5-3-4-6-21(19)30-22(23)14-16-13-17(25)7-8-20(16)26-24/h3-8,13,18H,9-12,14-15H2,1-2H3/t18-/m0/s1. The van der Waals surface area contributed by atoms with Gasteiger partial charge in [0.2, 0.25) is 0 Å². The lowest BCUT2D eigenvalue weighted by Gasteiger charge is -2.41. The number of likely N-dealkylation sites (N-methyl/N-ethyl adjacent to an activating group) is 1. The van der Waals surface area contributed by atoms with Gasteiger partial charge in [-0.1, -0.05) is 18.2 Å². The number of hydrogen-bond donors (Lipinski definition) is 0. The average Bonchev–Trinajstić information content (AvgIpc) is 3.02. The van der Waals surface area contributed by atoms with Crippen LogP contribution in [0.2, 0.25) is 0 Å². The zero-order valence-corrected chi connectivity index (χ0v) is 18.2. The zero-order valence-electron chi connectivity index (χ0n) is 17.4. The lowest BCUT2D eigenvalue weighted by Crippen LogP contribution is -2.53. The number of benzene rings is 2. The Kier molecular flexibility index (Phi) is 5.31. The number of thiophene rings is 1. The summed E-state index contributed by atoms with van der Waals surface area (Å²) in [7, 11) is 3.95. The molecule has 6 heteroatoms. The number of rotatable bonds is 3. The number of aliphatic imine (C=N–C) groups is 1. The monoisotopic (exact) mass is 423 g/mol. The van der Waals surface area contributed by atoms with Gasteiger partial charge in [0.15, 0.2) is 0 Å². The first kappa shape index (κ1) is 19.7. The van der Waals surface area contributed by atoms with E-state index in [1.807, 2.05) is 6.07 Å². The van der Waals surface area contributed by atoms with Crippen LogP contribution in [0.1, 0.15) is 22.4 Å². The number of halogens is 1. The molecular formula is C24H26FN3OS. The van der Waals surface area contributed by atoms with E-state index in [0.29, 0.717) is 6.04 Å². The number of amidine groups is 1. The topological polar surface area (TPSA) is 28.1 Å². The van der Waals surface area contributed by atoms with E-state index in [-0.39, 0.29) is 5.82 Å². The maximum atomic E-state index is 14.0.